The lowest BCUT2D eigenvalue weighted by Crippen LogP contribution is -1.97. The summed E-state index contributed by atoms with van der Waals surface area (Å²) in [7, 11) is 0. The molecule has 0 saturated heterocycles. The standard InChI is InChI=1S/C11H10Cl2N4S/c1-2-10-15-16-11(18)17(10)14-6-7-3-4-8(12)5-9(7)13/h3-6H,2H2,1H3,(H,16,18)/b14-6-. The number of nitrogens with zero attached hydrogens (tertiary/aromatic N) is 3. The zero-order valence-corrected chi connectivity index (χ0v) is 11.9. The fraction of sp³-hybridized carbons (Fsp3) is 0.182. The van der Waals surface area contributed by atoms with Crippen molar-refractivity contribution >= 4 is 41.6 Å². The van der Waals surface area contributed by atoms with E-state index in [1.807, 2.05) is 6.92 Å². The van der Waals surface area contributed by atoms with Crippen molar-refractivity contribution in [1.29, 1.82) is 0 Å². The first-order chi connectivity index (χ1) is 8.61. The zero-order chi connectivity index (χ0) is 13.1. The van der Waals surface area contributed by atoms with E-state index in [1.54, 1.807) is 29.1 Å². The molecule has 2 aromatic rings. The molecular weight excluding hydrogens is 291 g/mol. The molecule has 0 aliphatic carbocycles. The average Bonchev–Trinajstić information content (AvgIpc) is 2.69. The summed E-state index contributed by atoms with van der Waals surface area (Å²) in [5.41, 5.74) is 0.770. The van der Waals surface area contributed by atoms with Gasteiger partial charge in [0, 0.05) is 17.0 Å². The second-order valence-electron chi connectivity index (χ2n) is 3.52. The number of hydrogen-bond acceptors (Lipinski definition) is 3. The van der Waals surface area contributed by atoms with E-state index in [0.29, 0.717) is 14.8 Å². The van der Waals surface area contributed by atoms with Gasteiger partial charge in [-0.05, 0) is 24.4 Å². The molecular formula is C11H10Cl2N4S. The number of aromatic nitrogens is 3. The van der Waals surface area contributed by atoms with Crippen molar-refractivity contribution in [3.8, 4) is 0 Å². The van der Waals surface area contributed by atoms with E-state index in [0.717, 1.165) is 17.8 Å². The van der Waals surface area contributed by atoms with Crippen molar-refractivity contribution in [2.75, 3.05) is 0 Å². The molecule has 0 radical (unpaired) electrons. The normalized spacial score (nSPS) is 11.3. The molecule has 7 heteroatoms. The van der Waals surface area contributed by atoms with E-state index in [-0.39, 0.29) is 0 Å². The molecule has 0 aliphatic heterocycles. The van der Waals surface area contributed by atoms with E-state index in [4.69, 9.17) is 35.4 Å². The molecule has 0 bridgehead atoms. The highest BCUT2D eigenvalue weighted by atomic mass is 35.5. The zero-order valence-electron chi connectivity index (χ0n) is 9.52. The van der Waals surface area contributed by atoms with Crippen LogP contribution in [0.4, 0.5) is 0 Å². The fourth-order valence-corrected chi connectivity index (χ4v) is 2.05. The SMILES string of the molecule is CCc1n[nH]c(=S)n1/N=C\c1ccc(Cl)cc1Cl. The molecule has 94 valence electrons. The molecule has 0 unspecified atom stereocenters. The van der Waals surface area contributed by atoms with Crippen LogP contribution in [-0.2, 0) is 6.42 Å². The molecule has 1 aromatic carbocycles. The van der Waals surface area contributed by atoms with Crippen LogP contribution in [0.5, 0.6) is 0 Å². The highest BCUT2D eigenvalue weighted by Gasteiger charge is 2.02. The second-order valence-corrected chi connectivity index (χ2v) is 4.75. The van der Waals surface area contributed by atoms with E-state index < -0.39 is 0 Å². The lowest BCUT2D eigenvalue weighted by Gasteiger charge is -1.99. The Hall–Kier alpha value is -1.17. The van der Waals surface area contributed by atoms with Gasteiger partial charge in [-0.1, -0.05) is 36.2 Å². The Labute approximate surface area is 119 Å². The topological polar surface area (TPSA) is 46.0 Å². The summed E-state index contributed by atoms with van der Waals surface area (Å²) in [6, 6.07) is 5.22. The van der Waals surface area contributed by atoms with Crippen LogP contribution < -0.4 is 0 Å². The molecule has 0 saturated carbocycles. The Morgan fingerprint density at radius 1 is 1.50 bits per heavy atom. The number of hydrogen-bond donors (Lipinski definition) is 1. The molecule has 1 N–H and O–H groups in total. The van der Waals surface area contributed by atoms with Gasteiger partial charge in [0.25, 0.3) is 0 Å². The Morgan fingerprint density at radius 3 is 2.94 bits per heavy atom. The maximum Gasteiger partial charge on any atom is 0.216 e. The van der Waals surface area contributed by atoms with Crippen LogP contribution in [-0.4, -0.2) is 21.1 Å². The smallest absolute Gasteiger partial charge is 0.216 e. The number of aryl methyl sites for hydroxylation is 1. The molecule has 0 amide bonds. The quantitative estimate of drug-likeness (QED) is 0.694. The molecule has 0 atom stereocenters. The van der Waals surface area contributed by atoms with Crippen molar-refractivity contribution in [2.24, 2.45) is 5.10 Å². The highest BCUT2D eigenvalue weighted by molar-refractivity contribution is 7.71. The highest BCUT2D eigenvalue weighted by Crippen LogP contribution is 2.19. The minimum Gasteiger partial charge on any atom is -0.250 e. The summed E-state index contributed by atoms with van der Waals surface area (Å²) in [5, 5.41) is 12.2. The van der Waals surface area contributed by atoms with Gasteiger partial charge >= 0.3 is 0 Å². The molecule has 0 fully saturated rings. The first-order valence-corrected chi connectivity index (χ1v) is 6.44. The Bertz CT molecular complexity index is 645. The minimum absolute atomic E-state index is 0.452. The summed E-state index contributed by atoms with van der Waals surface area (Å²) in [4.78, 5) is 0. The number of rotatable bonds is 3. The molecule has 4 nitrogen and oxygen atoms in total. The number of H-pyrrole nitrogens is 1. The van der Waals surface area contributed by atoms with Gasteiger partial charge in [0.2, 0.25) is 4.77 Å². The molecule has 18 heavy (non-hydrogen) atoms. The van der Waals surface area contributed by atoms with Crippen molar-refractivity contribution in [3.63, 3.8) is 0 Å². The Morgan fingerprint density at radius 2 is 2.28 bits per heavy atom. The van der Waals surface area contributed by atoms with Crippen molar-refractivity contribution in [1.82, 2.24) is 14.9 Å². The van der Waals surface area contributed by atoms with Crippen molar-refractivity contribution in [2.45, 2.75) is 13.3 Å². The summed E-state index contributed by atoms with van der Waals surface area (Å²) in [6.07, 6.45) is 2.36. The summed E-state index contributed by atoms with van der Waals surface area (Å²) >= 11 is 17.0. The van der Waals surface area contributed by atoms with E-state index >= 15 is 0 Å². The largest absolute Gasteiger partial charge is 0.250 e. The number of halogens is 2. The first kappa shape index (κ1) is 13.3. The van der Waals surface area contributed by atoms with Gasteiger partial charge in [-0.3, -0.25) is 5.10 Å². The summed E-state index contributed by atoms with van der Waals surface area (Å²) in [5.74, 6) is 0.765. The van der Waals surface area contributed by atoms with Crippen LogP contribution in [0.25, 0.3) is 0 Å². The van der Waals surface area contributed by atoms with E-state index in [1.165, 1.54) is 0 Å². The predicted molar refractivity (Wildman–Crippen MR) is 76.2 cm³/mol. The van der Waals surface area contributed by atoms with E-state index in [9.17, 15) is 0 Å². The van der Waals surface area contributed by atoms with Gasteiger partial charge < -0.3 is 0 Å². The van der Waals surface area contributed by atoms with Gasteiger partial charge in [0.05, 0.1) is 11.2 Å². The summed E-state index contributed by atoms with van der Waals surface area (Å²) < 4.78 is 2.02. The van der Waals surface area contributed by atoms with E-state index in [2.05, 4.69) is 15.3 Å². The molecule has 0 aliphatic rings. The van der Waals surface area contributed by atoms with Crippen LogP contribution in [0.1, 0.15) is 18.3 Å². The van der Waals surface area contributed by atoms with Crippen molar-refractivity contribution < 1.29 is 0 Å². The van der Waals surface area contributed by atoms with Crippen LogP contribution in [0.2, 0.25) is 10.0 Å². The maximum atomic E-state index is 6.05. The minimum atomic E-state index is 0.452. The summed E-state index contributed by atoms with van der Waals surface area (Å²) in [6.45, 7) is 1.98. The lowest BCUT2D eigenvalue weighted by atomic mass is 10.2. The van der Waals surface area contributed by atoms with Gasteiger partial charge in [0.15, 0.2) is 5.82 Å². The maximum absolute atomic E-state index is 6.05. The third-order valence-electron chi connectivity index (χ3n) is 2.31. The monoisotopic (exact) mass is 300 g/mol. The molecule has 2 rings (SSSR count). The number of benzene rings is 1. The Balaban J connectivity index is 2.35. The second kappa shape index (κ2) is 5.65. The van der Waals surface area contributed by atoms with Gasteiger partial charge in [-0.2, -0.15) is 14.9 Å². The van der Waals surface area contributed by atoms with Crippen LogP contribution >= 0.6 is 35.4 Å². The first-order valence-electron chi connectivity index (χ1n) is 5.27. The number of nitrogens with one attached hydrogen (secondary N) is 1. The molecule has 0 spiro atoms. The van der Waals surface area contributed by atoms with Gasteiger partial charge in [0.1, 0.15) is 0 Å². The average molecular weight is 301 g/mol. The van der Waals surface area contributed by atoms with Gasteiger partial charge in [-0.25, -0.2) is 0 Å². The number of aromatic amines is 1. The third kappa shape index (κ3) is 2.80. The Kier molecular flexibility index (Phi) is 4.16. The van der Waals surface area contributed by atoms with Gasteiger partial charge in [-0.15, -0.1) is 0 Å². The predicted octanol–water partition coefficient (Wildman–Crippen LogP) is 3.69. The molecule has 1 heterocycles. The van der Waals surface area contributed by atoms with Crippen LogP contribution in [0.3, 0.4) is 0 Å². The lowest BCUT2D eigenvalue weighted by molar-refractivity contribution is 0.780. The fourth-order valence-electron chi connectivity index (χ4n) is 1.40. The van der Waals surface area contributed by atoms with Crippen LogP contribution in [0, 0.1) is 4.77 Å². The van der Waals surface area contributed by atoms with Crippen molar-refractivity contribution in [3.05, 3.63) is 44.4 Å². The molecule has 1 aromatic heterocycles. The third-order valence-corrected chi connectivity index (χ3v) is 3.14. The van der Waals surface area contributed by atoms with Crippen LogP contribution in [0.15, 0.2) is 23.3 Å².